The van der Waals surface area contributed by atoms with Gasteiger partial charge in [-0.2, -0.15) is 0 Å². The van der Waals surface area contributed by atoms with Gasteiger partial charge in [0.05, 0.1) is 11.0 Å². The van der Waals surface area contributed by atoms with Gasteiger partial charge in [0.15, 0.2) is 0 Å². The van der Waals surface area contributed by atoms with E-state index >= 15 is 0 Å². The third-order valence-corrected chi connectivity index (χ3v) is 5.13. The van der Waals surface area contributed by atoms with Gasteiger partial charge < -0.3 is 10.8 Å². The SMILES string of the molecule is CN(CC1CC(O)C1)S(=O)(=O)c1cc(N)cc(F)c1. The van der Waals surface area contributed by atoms with Gasteiger partial charge in [-0.3, -0.25) is 0 Å². The summed E-state index contributed by atoms with van der Waals surface area (Å²) in [5.74, 6) is -0.522. The first-order valence-corrected chi connectivity index (χ1v) is 7.43. The van der Waals surface area contributed by atoms with Crippen LogP contribution in [0.4, 0.5) is 10.1 Å². The van der Waals surface area contributed by atoms with Gasteiger partial charge in [0, 0.05) is 19.3 Å². The van der Waals surface area contributed by atoms with Gasteiger partial charge in [-0.05, 0) is 37.0 Å². The number of rotatable bonds is 4. The molecule has 1 saturated carbocycles. The Bertz CT molecular complexity index is 550. The molecule has 7 heteroatoms. The molecule has 1 aliphatic carbocycles. The van der Waals surface area contributed by atoms with Crippen LogP contribution in [-0.2, 0) is 10.0 Å². The highest BCUT2D eigenvalue weighted by molar-refractivity contribution is 7.89. The number of hydrogen-bond acceptors (Lipinski definition) is 4. The summed E-state index contributed by atoms with van der Waals surface area (Å²) in [6.45, 7) is 0.315. The van der Waals surface area contributed by atoms with Crippen molar-refractivity contribution in [2.75, 3.05) is 19.3 Å². The van der Waals surface area contributed by atoms with Crippen LogP contribution in [0.3, 0.4) is 0 Å². The zero-order chi connectivity index (χ0) is 14.2. The molecule has 19 heavy (non-hydrogen) atoms. The number of aliphatic hydroxyl groups is 1. The number of benzene rings is 1. The first kappa shape index (κ1) is 14.2. The Kier molecular flexibility index (Phi) is 3.80. The van der Waals surface area contributed by atoms with E-state index in [2.05, 4.69) is 0 Å². The molecular weight excluding hydrogens is 271 g/mol. The molecular formula is C12H17FN2O3S. The third kappa shape index (κ3) is 3.05. The van der Waals surface area contributed by atoms with Gasteiger partial charge in [-0.25, -0.2) is 17.1 Å². The highest BCUT2D eigenvalue weighted by atomic mass is 32.2. The van der Waals surface area contributed by atoms with E-state index in [1.807, 2.05) is 0 Å². The fraction of sp³-hybridized carbons (Fsp3) is 0.500. The predicted octanol–water partition coefficient (Wildman–Crippen LogP) is 0.799. The van der Waals surface area contributed by atoms with Gasteiger partial charge in [-0.15, -0.1) is 0 Å². The van der Waals surface area contributed by atoms with Crippen molar-refractivity contribution in [3.05, 3.63) is 24.0 Å². The second-order valence-electron chi connectivity index (χ2n) is 5.00. The summed E-state index contributed by atoms with van der Waals surface area (Å²) >= 11 is 0. The molecule has 106 valence electrons. The first-order chi connectivity index (χ1) is 8.79. The number of halogens is 1. The van der Waals surface area contributed by atoms with Crippen molar-refractivity contribution in [2.45, 2.75) is 23.8 Å². The first-order valence-electron chi connectivity index (χ1n) is 5.99. The Morgan fingerprint density at radius 3 is 2.58 bits per heavy atom. The molecule has 0 radical (unpaired) electrons. The fourth-order valence-corrected chi connectivity index (χ4v) is 3.54. The summed E-state index contributed by atoms with van der Waals surface area (Å²) in [6.07, 6.45) is 0.877. The Morgan fingerprint density at radius 2 is 2.05 bits per heavy atom. The number of nitrogens with two attached hydrogens (primary N) is 1. The molecule has 1 aliphatic rings. The number of nitrogens with zero attached hydrogens (tertiary/aromatic N) is 1. The lowest BCUT2D eigenvalue weighted by Gasteiger charge is -2.34. The highest BCUT2D eigenvalue weighted by Crippen LogP contribution is 2.29. The van der Waals surface area contributed by atoms with Crippen molar-refractivity contribution in [1.82, 2.24) is 4.31 Å². The van der Waals surface area contributed by atoms with Gasteiger partial charge in [0.25, 0.3) is 0 Å². The van der Waals surface area contributed by atoms with Gasteiger partial charge in [0.2, 0.25) is 10.0 Å². The van der Waals surface area contributed by atoms with E-state index < -0.39 is 15.8 Å². The topological polar surface area (TPSA) is 83.6 Å². The average molecular weight is 288 g/mol. The van der Waals surface area contributed by atoms with Crippen LogP contribution in [0, 0.1) is 11.7 Å². The van der Waals surface area contributed by atoms with Crippen LogP contribution in [0.25, 0.3) is 0 Å². The molecule has 1 fully saturated rings. The lowest BCUT2D eigenvalue weighted by atomic mass is 9.82. The monoisotopic (exact) mass is 288 g/mol. The summed E-state index contributed by atoms with van der Waals surface area (Å²) in [5, 5.41) is 9.19. The lowest BCUT2D eigenvalue weighted by Crippen LogP contribution is -2.39. The van der Waals surface area contributed by atoms with E-state index in [4.69, 9.17) is 5.73 Å². The van der Waals surface area contributed by atoms with Crippen LogP contribution in [0.5, 0.6) is 0 Å². The number of aliphatic hydroxyl groups excluding tert-OH is 1. The second-order valence-corrected chi connectivity index (χ2v) is 7.04. The van der Waals surface area contributed by atoms with Crippen LogP contribution >= 0.6 is 0 Å². The van der Waals surface area contributed by atoms with Crippen LogP contribution in [0.15, 0.2) is 23.1 Å². The minimum Gasteiger partial charge on any atom is -0.399 e. The summed E-state index contributed by atoms with van der Waals surface area (Å²) in [4.78, 5) is -0.146. The molecule has 0 heterocycles. The van der Waals surface area contributed by atoms with E-state index in [9.17, 15) is 17.9 Å². The maximum Gasteiger partial charge on any atom is 0.243 e. The van der Waals surface area contributed by atoms with Crippen LogP contribution in [0.1, 0.15) is 12.8 Å². The molecule has 0 amide bonds. The van der Waals surface area contributed by atoms with E-state index in [1.165, 1.54) is 17.4 Å². The molecule has 0 aromatic heterocycles. The average Bonchev–Trinajstić information content (AvgIpc) is 2.25. The number of anilines is 1. The molecule has 0 unspecified atom stereocenters. The lowest BCUT2D eigenvalue weighted by molar-refractivity contribution is 0.0367. The molecule has 0 aliphatic heterocycles. The van der Waals surface area contributed by atoms with E-state index in [1.54, 1.807) is 0 Å². The van der Waals surface area contributed by atoms with E-state index in [0.717, 1.165) is 12.1 Å². The molecule has 1 aromatic rings. The summed E-state index contributed by atoms with van der Waals surface area (Å²) in [7, 11) is -2.30. The minimum atomic E-state index is -3.74. The maximum atomic E-state index is 13.2. The Labute approximate surface area is 111 Å². The smallest absolute Gasteiger partial charge is 0.243 e. The van der Waals surface area contributed by atoms with Crippen molar-refractivity contribution < 1.29 is 17.9 Å². The zero-order valence-electron chi connectivity index (χ0n) is 10.6. The van der Waals surface area contributed by atoms with Gasteiger partial charge in [0.1, 0.15) is 5.82 Å². The largest absolute Gasteiger partial charge is 0.399 e. The number of sulfonamides is 1. The summed E-state index contributed by atoms with van der Waals surface area (Å²) in [5.41, 5.74) is 5.53. The normalized spacial score (nSPS) is 23.4. The molecule has 3 N–H and O–H groups in total. The second kappa shape index (κ2) is 5.07. The molecule has 0 saturated heterocycles. The van der Waals surface area contributed by atoms with Gasteiger partial charge >= 0.3 is 0 Å². The Balaban J connectivity index is 2.16. The molecule has 1 aromatic carbocycles. The molecule has 2 rings (SSSR count). The molecule has 0 bridgehead atoms. The molecule has 5 nitrogen and oxygen atoms in total. The Morgan fingerprint density at radius 1 is 1.42 bits per heavy atom. The van der Waals surface area contributed by atoms with E-state index in [0.29, 0.717) is 19.4 Å². The van der Waals surface area contributed by atoms with Gasteiger partial charge in [-0.1, -0.05) is 0 Å². The van der Waals surface area contributed by atoms with Crippen LogP contribution < -0.4 is 5.73 Å². The zero-order valence-corrected chi connectivity index (χ0v) is 11.4. The van der Waals surface area contributed by atoms with Crippen molar-refractivity contribution in [3.8, 4) is 0 Å². The molecule has 0 spiro atoms. The fourth-order valence-electron chi connectivity index (χ4n) is 2.22. The van der Waals surface area contributed by atoms with Crippen molar-refractivity contribution >= 4 is 15.7 Å². The number of hydrogen-bond donors (Lipinski definition) is 2. The maximum absolute atomic E-state index is 13.2. The van der Waals surface area contributed by atoms with Crippen LogP contribution in [0.2, 0.25) is 0 Å². The Hall–Kier alpha value is -1.18. The third-order valence-electron chi connectivity index (χ3n) is 3.33. The summed E-state index contributed by atoms with van der Waals surface area (Å²) < 4.78 is 38.9. The van der Waals surface area contributed by atoms with Crippen LogP contribution in [-0.4, -0.2) is 37.5 Å². The van der Waals surface area contributed by atoms with E-state index in [-0.39, 0.29) is 22.6 Å². The van der Waals surface area contributed by atoms with Crippen molar-refractivity contribution in [1.29, 1.82) is 0 Å². The quantitative estimate of drug-likeness (QED) is 0.803. The minimum absolute atomic E-state index is 0.0750. The number of nitrogen functional groups attached to an aromatic ring is 1. The summed E-state index contributed by atoms with van der Waals surface area (Å²) in [6, 6.07) is 3.27. The van der Waals surface area contributed by atoms with Crippen molar-refractivity contribution in [2.24, 2.45) is 5.92 Å². The highest BCUT2D eigenvalue weighted by Gasteiger charge is 2.31. The van der Waals surface area contributed by atoms with Crippen molar-refractivity contribution in [3.63, 3.8) is 0 Å². The predicted molar refractivity (Wildman–Crippen MR) is 69.4 cm³/mol. The molecule has 0 atom stereocenters. The standard InChI is InChI=1S/C12H17FN2O3S/c1-15(7-8-2-11(16)3-8)19(17,18)12-5-9(13)4-10(14)6-12/h4-6,8,11,16H,2-3,7,14H2,1H3.